The molecule has 6 nitrogen and oxygen atoms in total. The maximum Gasteiger partial charge on any atom is 0.282 e. The molecule has 3 heterocycles. The SMILES string of the molecule is O=CC1CCC(n2cnc(=O)c3cnc4[nH]ccc4c32)CC1. The molecule has 0 amide bonds. The third-order valence-electron chi connectivity index (χ3n) is 4.67. The lowest BCUT2D eigenvalue weighted by Gasteiger charge is -2.28. The second-order valence-corrected chi connectivity index (χ2v) is 5.92. The largest absolute Gasteiger partial charge is 0.346 e. The molecular weight excluding hydrogens is 280 g/mol. The van der Waals surface area contributed by atoms with Crippen molar-refractivity contribution in [2.24, 2.45) is 5.92 Å². The fraction of sp³-hybridized carbons (Fsp3) is 0.375. The van der Waals surface area contributed by atoms with Crippen LogP contribution in [0, 0.1) is 5.92 Å². The Morgan fingerprint density at radius 3 is 2.77 bits per heavy atom. The lowest BCUT2D eigenvalue weighted by molar-refractivity contribution is -0.112. The molecule has 112 valence electrons. The highest BCUT2D eigenvalue weighted by Gasteiger charge is 2.23. The fourth-order valence-corrected chi connectivity index (χ4v) is 3.46. The van der Waals surface area contributed by atoms with Crippen molar-refractivity contribution in [1.82, 2.24) is 19.5 Å². The standard InChI is InChI=1S/C16H16N4O2/c21-8-10-1-3-11(4-2-10)20-9-19-16(22)13-7-18-15-12(14(13)20)5-6-17-15/h5-11H,1-4H2,(H,17,18). The zero-order chi connectivity index (χ0) is 15.1. The highest BCUT2D eigenvalue weighted by Crippen LogP contribution is 2.33. The highest BCUT2D eigenvalue weighted by molar-refractivity contribution is 6.01. The molecule has 3 aromatic heterocycles. The Labute approximate surface area is 126 Å². The molecule has 0 atom stereocenters. The molecule has 1 aliphatic rings. The molecule has 1 aliphatic carbocycles. The van der Waals surface area contributed by atoms with Crippen LogP contribution in [0.25, 0.3) is 21.9 Å². The van der Waals surface area contributed by atoms with E-state index in [9.17, 15) is 9.59 Å². The number of carbonyl (C=O) groups excluding carboxylic acids is 1. The number of aromatic amines is 1. The predicted molar refractivity (Wildman–Crippen MR) is 82.7 cm³/mol. The summed E-state index contributed by atoms with van der Waals surface area (Å²) in [6, 6.07) is 2.21. The third-order valence-corrected chi connectivity index (χ3v) is 4.67. The van der Waals surface area contributed by atoms with E-state index in [-0.39, 0.29) is 17.5 Å². The molecule has 4 rings (SSSR count). The van der Waals surface area contributed by atoms with Gasteiger partial charge in [0.15, 0.2) is 0 Å². The highest BCUT2D eigenvalue weighted by atomic mass is 16.1. The maximum atomic E-state index is 12.1. The summed E-state index contributed by atoms with van der Waals surface area (Å²) in [6.45, 7) is 0. The summed E-state index contributed by atoms with van der Waals surface area (Å²) in [7, 11) is 0. The van der Waals surface area contributed by atoms with Gasteiger partial charge in [-0.15, -0.1) is 0 Å². The minimum Gasteiger partial charge on any atom is -0.346 e. The zero-order valence-electron chi connectivity index (χ0n) is 12.0. The number of nitrogens with zero attached hydrogens (tertiary/aromatic N) is 3. The van der Waals surface area contributed by atoms with Gasteiger partial charge in [0, 0.05) is 29.7 Å². The van der Waals surface area contributed by atoms with E-state index >= 15 is 0 Å². The van der Waals surface area contributed by atoms with Gasteiger partial charge < -0.3 is 14.3 Å². The number of nitrogens with one attached hydrogen (secondary N) is 1. The monoisotopic (exact) mass is 296 g/mol. The molecule has 1 fully saturated rings. The number of fused-ring (bicyclic) bond motifs is 3. The van der Waals surface area contributed by atoms with Crippen molar-refractivity contribution in [3.8, 4) is 0 Å². The molecule has 3 aromatic rings. The average Bonchev–Trinajstić information content (AvgIpc) is 3.04. The van der Waals surface area contributed by atoms with Crippen LogP contribution in [0.5, 0.6) is 0 Å². The Morgan fingerprint density at radius 1 is 1.18 bits per heavy atom. The first-order chi connectivity index (χ1) is 10.8. The van der Waals surface area contributed by atoms with Crippen LogP contribution in [0.15, 0.2) is 29.6 Å². The van der Waals surface area contributed by atoms with Gasteiger partial charge in [-0.2, -0.15) is 4.98 Å². The number of pyridine rings is 1. The number of aromatic nitrogens is 4. The molecule has 0 unspecified atom stereocenters. The summed E-state index contributed by atoms with van der Waals surface area (Å²) >= 11 is 0. The molecule has 0 aromatic carbocycles. The van der Waals surface area contributed by atoms with E-state index in [0.717, 1.165) is 48.5 Å². The van der Waals surface area contributed by atoms with Crippen LogP contribution >= 0.6 is 0 Å². The summed E-state index contributed by atoms with van der Waals surface area (Å²) in [4.78, 5) is 34.4. The summed E-state index contributed by atoms with van der Waals surface area (Å²) in [6.07, 6.45) is 9.77. The maximum absolute atomic E-state index is 12.1. The topological polar surface area (TPSA) is 80.6 Å². The quantitative estimate of drug-likeness (QED) is 0.735. The van der Waals surface area contributed by atoms with Gasteiger partial charge in [0.25, 0.3) is 5.56 Å². The Morgan fingerprint density at radius 2 is 2.00 bits per heavy atom. The van der Waals surface area contributed by atoms with Crippen LogP contribution < -0.4 is 5.56 Å². The van der Waals surface area contributed by atoms with Crippen molar-refractivity contribution in [2.75, 3.05) is 0 Å². The van der Waals surface area contributed by atoms with Crippen molar-refractivity contribution < 1.29 is 4.79 Å². The molecular formula is C16H16N4O2. The van der Waals surface area contributed by atoms with Gasteiger partial charge in [0.05, 0.1) is 17.2 Å². The average molecular weight is 296 g/mol. The lowest BCUT2D eigenvalue weighted by Crippen LogP contribution is -2.22. The molecule has 1 saturated carbocycles. The summed E-state index contributed by atoms with van der Waals surface area (Å²) in [5.74, 6) is 0.170. The Hall–Kier alpha value is -2.50. The Kier molecular flexibility index (Phi) is 3.03. The van der Waals surface area contributed by atoms with Crippen LogP contribution in [0.1, 0.15) is 31.7 Å². The second kappa shape index (κ2) is 5.05. The summed E-state index contributed by atoms with van der Waals surface area (Å²) in [5, 5.41) is 1.49. The van der Waals surface area contributed by atoms with E-state index in [1.54, 1.807) is 12.5 Å². The van der Waals surface area contributed by atoms with Crippen molar-refractivity contribution in [3.05, 3.63) is 35.1 Å². The first kappa shape index (κ1) is 13.2. The van der Waals surface area contributed by atoms with Gasteiger partial charge in [-0.3, -0.25) is 4.79 Å². The third kappa shape index (κ3) is 1.94. The van der Waals surface area contributed by atoms with E-state index < -0.39 is 0 Å². The van der Waals surface area contributed by atoms with Crippen molar-refractivity contribution in [3.63, 3.8) is 0 Å². The zero-order valence-corrected chi connectivity index (χ0v) is 12.0. The van der Waals surface area contributed by atoms with Crippen molar-refractivity contribution in [2.45, 2.75) is 31.7 Å². The number of aldehydes is 1. The molecule has 22 heavy (non-hydrogen) atoms. The van der Waals surface area contributed by atoms with Gasteiger partial charge in [0.2, 0.25) is 0 Å². The summed E-state index contributed by atoms with van der Waals surface area (Å²) in [5.41, 5.74) is 1.41. The normalized spacial score (nSPS) is 22.2. The number of hydrogen-bond acceptors (Lipinski definition) is 4. The van der Waals surface area contributed by atoms with Crippen LogP contribution in [-0.2, 0) is 4.79 Å². The lowest BCUT2D eigenvalue weighted by atomic mass is 9.87. The minimum atomic E-state index is -0.247. The van der Waals surface area contributed by atoms with E-state index in [1.165, 1.54) is 0 Å². The van der Waals surface area contributed by atoms with Gasteiger partial charge >= 0.3 is 0 Å². The second-order valence-electron chi connectivity index (χ2n) is 5.92. The first-order valence-electron chi connectivity index (χ1n) is 7.56. The molecule has 6 heteroatoms. The molecule has 0 aliphatic heterocycles. The van der Waals surface area contributed by atoms with Crippen LogP contribution in [0.2, 0.25) is 0 Å². The molecule has 0 bridgehead atoms. The number of carbonyl (C=O) groups is 1. The molecule has 0 radical (unpaired) electrons. The van der Waals surface area contributed by atoms with Crippen LogP contribution in [0.4, 0.5) is 0 Å². The van der Waals surface area contributed by atoms with E-state index in [0.29, 0.717) is 5.39 Å². The van der Waals surface area contributed by atoms with Gasteiger partial charge in [-0.1, -0.05) is 0 Å². The van der Waals surface area contributed by atoms with Crippen LogP contribution in [0.3, 0.4) is 0 Å². The van der Waals surface area contributed by atoms with Crippen molar-refractivity contribution in [1.29, 1.82) is 0 Å². The summed E-state index contributed by atoms with van der Waals surface area (Å²) < 4.78 is 2.09. The van der Waals surface area contributed by atoms with E-state index in [4.69, 9.17) is 0 Å². The molecule has 1 N–H and O–H groups in total. The van der Waals surface area contributed by atoms with Gasteiger partial charge in [-0.05, 0) is 31.7 Å². The fourth-order valence-electron chi connectivity index (χ4n) is 3.46. The van der Waals surface area contributed by atoms with Crippen molar-refractivity contribution >= 4 is 28.2 Å². The Bertz CT molecular complexity index is 903. The van der Waals surface area contributed by atoms with Gasteiger partial charge in [0.1, 0.15) is 11.9 Å². The molecule has 0 spiro atoms. The van der Waals surface area contributed by atoms with Crippen LogP contribution in [-0.4, -0.2) is 25.8 Å². The minimum absolute atomic E-state index is 0.170. The number of rotatable bonds is 2. The van der Waals surface area contributed by atoms with E-state index in [2.05, 4.69) is 19.5 Å². The molecule has 0 saturated heterocycles. The van der Waals surface area contributed by atoms with E-state index in [1.807, 2.05) is 12.3 Å². The van der Waals surface area contributed by atoms with Gasteiger partial charge in [-0.25, -0.2) is 4.98 Å². The smallest absolute Gasteiger partial charge is 0.282 e. The predicted octanol–water partition coefficient (Wildman–Crippen LogP) is 2.20. The number of hydrogen-bond donors (Lipinski definition) is 1. The Balaban J connectivity index is 1.90. The first-order valence-corrected chi connectivity index (χ1v) is 7.56. The number of H-pyrrole nitrogens is 1.